The van der Waals surface area contributed by atoms with E-state index in [9.17, 15) is 0 Å². The summed E-state index contributed by atoms with van der Waals surface area (Å²) in [6.07, 6.45) is 0. The Morgan fingerprint density at radius 2 is 1.89 bits per heavy atom. The van der Waals surface area contributed by atoms with Crippen LogP contribution in [0, 0.1) is 0 Å². The van der Waals surface area contributed by atoms with Gasteiger partial charge in [-0.1, -0.05) is 35.8 Å². The normalized spacial score (nSPS) is 8.44. The average Bonchev–Trinajstić information content (AvgIpc) is 1.91. The van der Waals surface area contributed by atoms with Crippen LogP contribution < -0.4 is 5.46 Å². The van der Waals surface area contributed by atoms with E-state index < -0.39 is 0 Å². The molecule has 1 aromatic carbocycles. The monoisotopic (exact) mass is 116 g/mol. The van der Waals surface area contributed by atoms with E-state index in [4.69, 9.17) is 0 Å². The minimum Gasteiger partial charge on any atom is -0.121 e. The third-order valence-corrected chi connectivity index (χ3v) is 1.22. The van der Waals surface area contributed by atoms with Crippen molar-refractivity contribution in [3.63, 3.8) is 0 Å². The molecule has 0 atom stereocenters. The fraction of sp³-hybridized carbons (Fsp3) is 0. The maximum absolute atomic E-state index is 3.66. The first-order valence-corrected chi connectivity index (χ1v) is 3.08. The van der Waals surface area contributed by atoms with E-state index in [1.54, 1.807) is 0 Å². The molecule has 0 spiro atoms. The highest BCUT2D eigenvalue weighted by atomic mass is 13.7. The molecule has 0 amide bonds. The molecule has 1 rings (SSSR count). The third-order valence-electron chi connectivity index (χ3n) is 1.22. The quantitative estimate of drug-likeness (QED) is 0.503. The van der Waals surface area contributed by atoms with Gasteiger partial charge in [-0.05, 0) is 0 Å². The van der Waals surface area contributed by atoms with E-state index >= 15 is 0 Å². The Bertz CT molecular complexity index is 179. The lowest BCUT2D eigenvalue weighted by molar-refractivity contribution is 1.77. The molecule has 0 fully saturated rings. The smallest absolute Gasteiger partial charge is 0.121 e. The zero-order valence-electron chi connectivity index (χ0n) is 5.38. The Labute approximate surface area is 56.5 Å². The number of benzene rings is 1. The van der Waals surface area contributed by atoms with Crippen LogP contribution in [0.15, 0.2) is 42.9 Å². The summed E-state index contributed by atoms with van der Waals surface area (Å²) in [5, 5.41) is 0. The molecule has 1 aromatic rings. The Morgan fingerprint density at radius 1 is 1.22 bits per heavy atom. The lowest BCUT2D eigenvalue weighted by Crippen LogP contribution is -2.09. The van der Waals surface area contributed by atoms with Crippen LogP contribution in [0.4, 0.5) is 0 Å². The van der Waals surface area contributed by atoms with Crippen LogP contribution in [0.5, 0.6) is 0 Å². The molecule has 0 saturated heterocycles. The van der Waals surface area contributed by atoms with Gasteiger partial charge in [-0.2, -0.15) is 0 Å². The van der Waals surface area contributed by atoms with Crippen molar-refractivity contribution in [1.29, 1.82) is 0 Å². The largest absolute Gasteiger partial charge is 0.182 e. The maximum Gasteiger partial charge on any atom is 0.182 e. The van der Waals surface area contributed by atoms with Crippen molar-refractivity contribution in [3.8, 4) is 0 Å². The molecule has 0 aromatic heterocycles. The van der Waals surface area contributed by atoms with Gasteiger partial charge >= 0.3 is 0 Å². The highest BCUT2D eigenvalue weighted by molar-refractivity contribution is 6.58. The lowest BCUT2D eigenvalue weighted by Gasteiger charge is -1.89. The standard InChI is InChI=1S/C8H9B/c1-2-9-8-6-4-3-5-7-8/h2-7,9H,1H2. The molecule has 1 heteroatoms. The maximum atomic E-state index is 3.66. The van der Waals surface area contributed by atoms with Crippen molar-refractivity contribution < 1.29 is 0 Å². The van der Waals surface area contributed by atoms with Crippen molar-refractivity contribution in [2.75, 3.05) is 0 Å². The average molecular weight is 116 g/mol. The minimum absolute atomic E-state index is 0.973. The third kappa shape index (κ3) is 1.76. The van der Waals surface area contributed by atoms with Gasteiger partial charge in [-0.3, -0.25) is 0 Å². The van der Waals surface area contributed by atoms with Crippen LogP contribution in [0.3, 0.4) is 0 Å². The van der Waals surface area contributed by atoms with E-state index in [0.29, 0.717) is 0 Å². The fourth-order valence-electron chi connectivity index (χ4n) is 0.781. The second kappa shape index (κ2) is 3.13. The minimum atomic E-state index is 0.973. The first-order chi connectivity index (χ1) is 4.43. The molecular weight excluding hydrogens is 107 g/mol. The summed E-state index contributed by atoms with van der Waals surface area (Å²) in [5.74, 6) is 1.91. The van der Waals surface area contributed by atoms with Crippen molar-refractivity contribution in [3.05, 3.63) is 42.9 Å². The summed E-state index contributed by atoms with van der Waals surface area (Å²) in [6.45, 7) is 3.66. The molecule has 0 bridgehead atoms. The van der Waals surface area contributed by atoms with Crippen molar-refractivity contribution in [1.82, 2.24) is 0 Å². The van der Waals surface area contributed by atoms with Crippen molar-refractivity contribution >= 4 is 12.7 Å². The van der Waals surface area contributed by atoms with Gasteiger partial charge in [-0.25, -0.2) is 0 Å². The molecule has 0 radical (unpaired) electrons. The van der Waals surface area contributed by atoms with Gasteiger partial charge in [0.2, 0.25) is 0 Å². The summed E-state index contributed by atoms with van der Waals surface area (Å²) in [5.41, 5.74) is 1.33. The Morgan fingerprint density at radius 3 is 2.44 bits per heavy atom. The summed E-state index contributed by atoms with van der Waals surface area (Å²) >= 11 is 0. The van der Waals surface area contributed by atoms with E-state index in [2.05, 4.69) is 18.7 Å². The first-order valence-electron chi connectivity index (χ1n) is 3.08. The Balaban J connectivity index is 2.72. The first kappa shape index (κ1) is 6.15. The van der Waals surface area contributed by atoms with E-state index in [1.807, 2.05) is 24.2 Å². The van der Waals surface area contributed by atoms with Gasteiger partial charge in [0.05, 0.1) is 0 Å². The van der Waals surface area contributed by atoms with Gasteiger partial charge in [0.15, 0.2) is 7.28 Å². The number of hydrogen-bond acceptors (Lipinski definition) is 0. The summed E-state index contributed by atoms with van der Waals surface area (Å²) < 4.78 is 0. The second-order valence-electron chi connectivity index (χ2n) is 1.98. The molecule has 0 nitrogen and oxygen atoms in total. The van der Waals surface area contributed by atoms with Crippen LogP contribution in [0.1, 0.15) is 0 Å². The number of hydrogen-bond donors (Lipinski definition) is 0. The molecule has 0 aliphatic carbocycles. The van der Waals surface area contributed by atoms with Gasteiger partial charge in [0.1, 0.15) is 0 Å². The molecule has 0 heterocycles. The molecule has 0 N–H and O–H groups in total. The van der Waals surface area contributed by atoms with Crippen molar-refractivity contribution in [2.24, 2.45) is 0 Å². The van der Waals surface area contributed by atoms with Crippen molar-refractivity contribution in [2.45, 2.75) is 0 Å². The second-order valence-corrected chi connectivity index (χ2v) is 1.98. The van der Waals surface area contributed by atoms with Gasteiger partial charge < -0.3 is 0 Å². The van der Waals surface area contributed by atoms with Crippen LogP contribution >= 0.6 is 0 Å². The Hall–Kier alpha value is -0.975. The fourth-order valence-corrected chi connectivity index (χ4v) is 0.781. The SMILES string of the molecule is C=CBc1ccccc1. The molecule has 0 saturated carbocycles. The summed E-state index contributed by atoms with van der Waals surface area (Å²) in [6, 6.07) is 10.3. The van der Waals surface area contributed by atoms with E-state index in [1.165, 1.54) is 5.46 Å². The van der Waals surface area contributed by atoms with Gasteiger partial charge in [-0.15, -0.1) is 12.6 Å². The van der Waals surface area contributed by atoms with Crippen LogP contribution in [0.25, 0.3) is 0 Å². The van der Waals surface area contributed by atoms with Crippen LogP contribution in [0.2, 0.25) is 0 Å². The number of rotatable bonds is 2. The zero-order valence-corrected chi connectivity index (χ0v) is 5.38. The topological polar surface area (TPSA) is 0 Å². The molecule has 0 aliphatic heterocycles. The molecule has 9 heavy (non-hydrogen) atoms. The summed E-state index contributed by atoms with van der Waals surface area (Å²) in [7, 11) is 0.973. The van der Waals surface area contributed by atoms with E-state index in [0.717, 1.165) is 7.28 Å². The predicted molar refractivity (Wildman–Crippen MR) is 43.4 cm³/mol. The zero-order chi connectivity index (χ0) is 6.53. The highest BCUT2D eigenvalue weighted by Crippen LogP contribution is 1.80. The Kier molecular flexibility index (Phi) is 2.14. The lowest BCUT2D eigenvalue weighted by atomic mass is 9.71. The predicted octanol–water partition coefficient (Wildman–Crippen LogP) is 0.892. The molecule has 0 unspecified atom stereocenters. The van der Waals surface area contributed by atoms with Crippen LogP contribution in [-0.4, -0.2) is 7.28 Å². The summed E-state index contributed by atoms with van der Waals surface area (Å²) in [4.78, 5) is 0. The molecule has 0 aliphatic rings. The molecule has 44 valence electrons. The van der Waals surface area contributed by atoms with Gasteiger partial charge in [0.25, 0.3) is 0 Å². The van der Waals surface area contributed by atoms with E-state index in [-0.39, 0.29) is 0 Å². The van der Waals surface area contributed by atoms with Crippen LogP contribution in [-0.2, 0) is 0 Å². The highest BCUT2D eigenvalue weighted by Gasteiger charge is 1.84. The van der Waals surface area contributed by atoms with Gasteiger partial charge in [0, 0.05) is 0 Å². The molecular formula is C8H9B.